The number of ether oxygens (including phenoxy) is 1. The van der Waals surface area contributed by atoms with Gasteiger partial charge in [-0.15, -0.1) is 0 Å². The molecule has 0 radical (unpaired) electrons. The Morgan fingerprint density at radius 2 is 2.35 bits per heavy atom. The third kappa shape index (κ3) is 3.57. The number of carbonyl (C=O) groups is 1. The van der Waals surface area contributed by atoms with E-state index in [1.807, 2.05) is 0 Å². The second-order valence-corrected chi connectivity index (χ2v) is 3.83. The van der Waals surface area contributed by atoms with Gasteiger partial charge < -0.3 is 9.84 Å². The largest absolute Gasteiger partial charge is 0.462 e. The molecule has 1 N–H and O–H groups in total. The molecule has 94 valence electrons. The Hall–Kier alpha value is -1.33. The van der Waals surface area contributed by atoms with E-state index in [0.29, 0.717) is 18.0 Å². The number of pyridine rings is 1. The predicted octanol–water partition coefficient (Wildman–Crippen LogP) is 1.60. The lowest BCUT2D eigenvalue weighted by atomic mass is 10.3. The molecule has 1 rings (SSSR count). The van der Waals surface area contributed by atoms with E-state index in [-0.39, 0.29) is 12.6 Å². The first-order chi connectivity index (χ1) is 8.10. The molecular weight excluding hydrogens is 244 g/mol. The van der Waals surface area contributed by atoms with Gasteiger partial charge in [0.25, 0.3) is 0 Å². The third-order valence-corrected chi connectivity index (χ3v) is 2.64. The van der Waals surface area contributed by atoms with Gasteiger partial charge in [0.2, 0.25) is 0 Å². The van der Waals surface area contributed by atoms with Crippen LogP contribution in [-0.4, -0.2) is 35.3 Å². The Bertz CT molecular complexity index is 369. The highest BCUT2D eigenvalue weighted by atomic mass is 35.5. The number of halogens is 1. The summed E-state index contributed by atoms with van der Waals surface area (Å²) in [5, 5.41) is 8.95. The Labute approximate surface area is 105 Å². The van der Waals surface area contributed by atoms with E-state index in [2.05, 4.69) is 4.98 Å². The molecule has 0 aliphatic rings. The molecule has 1 atom stereocenters. The number of nitrogens with zero attached hydrogens (tertiary/aromatic N) is 2. The molecule has 1 heterocycles. The predicted molar refractivity (Wildman–Crippen MR) is 65.1 cm³/mol. The summed E-state index contributed by atoms with van der Waals surface area (Å²) < 4.78 is 6.15. The van der Waals surface area contributed by atoms with Crippen LogP contribution in [0.25, 0.3) is 0 Å². The Kier molecular flexibility index (Phi) is 5.18. The van der Waals surface area contributed by atoms with Gasteiger partial charge >= 0.3 is 5.97 Å². The second kappa shape index (κ2) is 6.42. The minimum Gasteiger partial charge on any atom is -0.462 e. The number of anilines is 1. The van der Waals surface area contributed by atoms with E-state index in [0.717, 1.165) is 0 Å². The zero-order valence-electron chi connectivity index (χ0n) is 9.76. The average Bonchev–Trinajstić information content (AvgIpc) is 2.37. The molecule has 0 spiro atoms. The van der Waals surface area contributed by atoms with Gasteiger partial charge in [0.05, 0.1) is 24.8 Å². The monoisotopic (exact) mass is 258 g/mol. The SMILES string of the molecule is CCOC(=O)c1ccc(N(Cl)C(C)CO)nc1. The molecule has 6 heteroatoms. The molecule has 17 heavy (non-hydrogen) atoms. The summed E-state index contributed by atoms with van der Waals surface area (Å²) in [6.45, 7) is 3.74. The fraction of sp³-hybridized carbons (Fsp3) is 0.455. The van der Waals surface area contributed by atoms with Crippen molar-refractivity contribution in [2.45, 2.75) is 19.9 Å². The highest BCUT2D eigenvalue weighted by molar-refractivity contribution is 6.25. The van der Waals surface area contributed by atoms with E-state index in [9.17, 15) is 4.79 Å². The smallest absolute Gasteiger partial charge is 0.339 e. The fourth-order valence-electron chi connectivity index (χ4n) is 1.15. The number of carbonyl (C=O) groups excluding carboxylic acids is 1. The van der Waals surface area contributed by atoms with Crippen LogP contribution in [0.2, 0.25) is 0 Å². The van der Waals surface area contributed by atoms with Crippen molar-refractivity contribution in [3.63, 3.8) is 0 Å². The summed E-state index contributed by atoms with van der Waals surface area (Å²) in [4.78, 5) is 15.4. The highest BCUT2D eigenvalue weighted by Gasteiger charge is 2.13. The molecule has 0 aliphatic heterocycles. The lowest BCUT2D eigenvalue weighted by Crippen LogP contribution is -2.27. The van der Waals surface area contributed by atoms with E-state index < -0.39 is 5.97 Å². The van der Waals surface area contributed by atoms with Crippen molar-refractivity contribution < 1.29 is 14.6 Å². The van der Waals surface area contributed by atoms with Crippen LogP contribution in [0, 0.1) is 0 Å². The number of hydrogen-bond donors (Lipinski definition) is 1. The zero-order chi connectivity index (χ0) is 12.8. The van der Waals surface area contributed by atoms with Gasteiger partial charge in [-0.05, 0) is 26.0 Å². The molecule has 0 saturated heterocycles. The summed E-state index contributed by atoms with van der Waals surface area (Å²) >= 11 is 5.94. The third-order valence-electron chi connectivity index (χ3n) is 2.13. The summed E-state index contributed by atoms with van der Waals surface area (Å²) in [6.07, 6.45) is 1.40. The topological polar surface area (TPSA) is 62.7 Å². The van der Waals surface area contributed by atoms with E-state index in [1.54, 1.807) is 26.0 Å². The van der Waals surface area contributed by atoms with Crippen LogP contribution in [0.5, 0.6) is 0 Å². The van der Waals surface area contributed by atoms with Gasteiger partial charge in [-0.1, -0.05) is 0 Å². The highest BCUT2D eigenvalue weighted by Crippen LogP contribution is 2.17. The molecule has 0 aromatic carbocycles. The standard InChI is InChI=1S/C11H15ClN2O3/c1-3-17-11(16)9-4-5-10(13-6-9)14(12)8(2)7-15/h4-6,8,15H,3,7H2,1-2H3. The van der Waals surface area contributed by atoms with Crippen LogP contribution in [0.3, 0.4) is 0 Å². The van der Waals surface area contributed by atoms with Gasteiger partial charge in [0, 0.05) is 18.0 Å². The molecule has 0 amide bonds. The second-order valence-electron chi connectivity index (χ2n) is 3.47. The molecule has 0 bridgehead atoms. The average molecular weight is 259 g/mol. The molecule has 0 saturated carbocycles. The van der Waals surface area contributed by atoms with E-state index in [4.69, 9.17) is 21.6 Å². The lowest BCUT2D eigenvalue weighted by molar-refractivity contribution is 0.0526. The zero-order valence-corrected chi connectivity index (χ0v) is 10.5. The molecule has 1 aromatic rings. The van der Waals surface area contributed by atoms with Gasteiger partial charge in [-0.25, -0.2) is 9.78 Å². The first-order valence-electron chi connectivity index (χ1n) is 5.29. The van der Waals surface area contributed by atoms with Gasteiger partial charge in [0.1, 0.15) is 5.82 Å². The number of esters is 1. The Morgan fingerprint density at radius 3 is 2.82 bits per heavy atom. The molecule has 1 aromatic heterocycles. The van der Waals surface area contributed by atoms with Crippen LogP contribution in [0.1, 0.15) is 24.2 Å². The summed E-state index contributed by atoms with van der Waals surface area (Å²) in [6, 6.07) is 2.93. The van der Waals surface area contributed by atoms with Crippen molar-refractivity contribution in [1.82, 2.24) is 4.98 Å². The molecule has 0 fully saturated rings. The number of aromatic nitrogens is 1. The lowest BCUT2D eigenvalue weighted by Gasteiger charge is -2.20. The Morgan fingerprint density at radius 1 is 1.65 bits per heavy atom. The minimum atomic E-state index is -0.414. The number of aliphatic hydroxyl groups excluding tert-OH is 1. The molecular formula is C11H15ClN2O3. The van der Waals surface area contributed by atoms with Crippen LogP contribution in [-0.2, 0) is 4.74 Å². The van der Waals surface area contributed by atoms with Crippen LogP contribution in [0.15, 0.2) is 18.3 Å². The van der Waals surface area contributed by atoms with Crippen molar-refractivity contribution in [3.8, 4) is 0 Å². The number of aliphatic hydroxyl groups is 1. The maximum atomic E-state index is 11.4. The minimum absolute atomic E-state index is 0.0786. The summed E-state index contributed by atoms with van der Waals surface area (Å²) in [7, 11) is 0. The van der Waals surface area contributed by atoms with Gasteiger partial charge in [0.15, 0.2) is 0 Å². The van der Waals surface area contributed by atoms with Crippen LogP contribution < -0.4 is 4.42 Å². The van der Waals surface area contributed by atoms with Crippen molar-refractivity contribution in [2.75, 3.05) is 17.6 Å². The summed E-state index contributed by atoms with van der Waals surface area (Å²) in [5.41, 5.74) is 0.373. The molecule has 5 nitrogen and oxygen atoms in total. The van der Waals surface area contributed by atoms with E-state index in [1.165, 1.54) is 10.6 Å². The summed E-state index contributed by atoms with van der Waals surface area (Å²) in [5.74, 6) is 0.0594. The first-order valence-corrected chi connectivity index (χ1v) is 5.63. The first kappa shape index (κ1) is 13.7. The maximum Gasteiger partial charge on any atom is 0.339 e. The van der Waals surface area contributed by atoms with Crippen molar-refractivity contribution >= 4 is 23.6 Å². The van der Waals surface area contributed by atoms with Gasteiger partial charge in [-0.3, -0.25) is 4.42 Å². The van der Waals surface area contributed by atoms with Gasteiger partial charge in [-0.2, -0.15) is 0 Å². The molecule has 0 aliphatic carbocycles. The quantitative estimate of drug-likeness (QED) is 0.642. The van der Waals surface area contributed by atoms with Crippen LogP contribution in [0.4, 0.5) is 5.82 Å². The van der Waals surface area contributed by atoms with Crippen molar-refractivity contribution in [2.24, 2.45) is 0 Å². The van der Waals surface area contributed by atoms with Crippen LogP contribution >= 0.6 is 11.8 Å². The molecule has 1 unspecified atom stereocenters. The van der Waals surface area contributed by atoms with E-state index >= 15 is 0 Å². The normalized spacial score (nSPS) is 12.0. The maximum absolute atomic E-state index is 11.4. The fourth-order valence-corrected chi connectivity index (χ4v) is 1.31. The number of hydrogen-bond acceptors (Lipinski definition) is 5. The van der Waals surface area contributed by atoms with Crippen molar-refractivity contribution in [3.05, 3.63) is 23.9 Å². The van der Waals surface area contributed by atoms with Crippen molar-refractivity contribution in [1.29, 1.82) is 0 Å². The number of rotatable bonds is 5. The Balaban J connectivity index is 2.77.